The molecule has 0 bridgehead atoms. The van der Waals surface area contributed by atoms with Crippen molar-refractivity contribution in [1.82, 2.24) is 4.98 Å². The monoisotopic (exact) mass is 280 g/mol. The largest absolute Gasteiger partial charge is 0.478 e. The fourth-order valence-electron chi connectivity index (χ4n) is 1.70. The van der Waals surface area contributed by atoms with E-state index in [1.807, 2.05) is 34.6 Å². The second-order valence-corrected chi connectivity index (χ2v) is 5.89. The van der Waals surface area contributed by atoms with Crippen LogP contribution in [0.25, 0.3) is 0 Å². The lowest BCUT2D eigenvalue weighted by molar-refractivity contribution is 0.0696. The molecule has 1 aromatic rings. The van der Waals surface area contributed by atoms with E-state index in [-0.39, 0.29) is 17.0 Å². The predicted octanol–water partition coefficient (Wildman–Crippen LogP) is 2.91. The third kappa shape index (κ3) is 4.81. The number of anilines is 1. The molecule has 0 radical (unpaired) electrons. The van der Waals surface area contributed by atoms with Crippen molar-refractivity contribution >= 4 is 11.8 Å². The first kappa shape index (κ1) is 16.4. The Labute approximate surface area is 120 Å². The van der Waals surface area contributed by atoms with E-state index in [1.165, 1.54) is 0 Å². The Morgan fingerprint density at radius 2 is 2.10 bits per heavy atom. The molecule has 112 valence electrons. The molecule has 1 unspecified atom stereocenters. The minimum atomic E-state index is -0.946. The van der Waals surface area contributed by atoms with Gasteiger partial charge in [0.1, 0.15) is 5.82 Å². The molecule has 1 heterocycles. The molecule has 5 nitrogen and oxygen atoms in total. The number of nitrogens with one attached hydrogen (secondary N) is 1. The summed E-state index contributed by atoms with van der Waals surface area (Å²) >= 11 is 0. The fourth-order valence-corrected chi connectivity index (χ4v) is 1.70. The second kappa shape index (κ2) is 6.70. The minimum absolute atomic E-state index is 0.0688. The van der Waals surface area contributed by atoms with E-state index in [2.05, 4.69) is 10.3 Å². The van der Waals surface area contributed by atoms with Crippen molar-refractivity contribution in [1.29, 1.82) is 0 Å². The van der Waals surface area contributed by atoms with Gasteiger partial charge in [-0.25, -0.2) is 9.78 Å². The molecule has 0 amide bonds. The summed E-state index contributed by atoms with van der Waals surface area (Å²) in [6.45, 7) is 11.1. The minimum Gasteiger partial charge on any atom is -0.478 e. The van der Waals surface area contributed by atoms with Crippen LogP contribution in [-0.2, 0) is 10.2 Å². The standard InChI is InChI=1S/C15H24N2O3/c1-6-20-9-10(2)16-13-8-11(14(18)19)7-12(17-13)15(3,4)5/h7-8,10H,6,9H2,1-5H3,(H,16,17)(H,18,19). The first-order chi connectivity index (χ1) is 9.24. The van der Waals surface area contributed by atoms with E-state index in [9.17, 15) is 9.90 Å². The highest BCUT2D eigenvalue weighted by Crippen LogP contribution is 2.23. The van der Waals surface area contributed by atoms with Gasteiger partial charge in [-0.1, -0.05) is 20.8 Å². The highest BCUT2D eigenvalue weighted by atomic mass is 16.5. The number of rotatable bonds is 6. The summed E-state index contributed by atoms with van der Waals surface area (Å²) < 4.78 is 5.34. The van der Waals surface area contributed by atoms with Crippen LogP contribution < -0.4 is 5.32 Å². The van der Waals surface area contributed by atoms with Crippen molar-refractivity contribution in [2.24, 2.45) is 0 Å². The summed E-state index contributed by atoms with van der Waals surface area (Å²) in [5.41, 5.74) is 0.796. The molecule has 0 aromatic carbocycles. The topological polar surface area (TPSA) is 71.5 Å². The van der Waals surface area contributed by atoms with E-state index in [1.54, 1.807) is 12.1 Å². The first-order valence-electron chi connectivity index (χ1n) is 6.84. The summed E-state index contributed by atoms with van der Waals surface area (Å²) in [7, 11) is 0. The van der Waals surface area contributed by atoms with Gasteiger partial charge in [0, 0.05) is 23.8 Å². The van der Waals surface area contributed by atoms with Crippen LogP contribution in [0.4, 0.5) is 5.82 Å². The third-order valence-corrected chi connectivity index (χ3v) is 2.81. The molecule has 5 heteroatoms. The lowest BCUT2D eigenvalue weighted by atomic mass is 9.90. The van der Waals surface area contributed by atoms with Gasteiger partial charge >= 0.3 is 5.97 Å². The predicted molar refractivity (Wildman–Crippen MR) is 79.5 cm³/mol. The van der Waals surface area contributed by atoms with Gasteiger partial charge in [-0.05, 0) is 26.0 Å². The van der Waals surface area contributed by atoms with E-state index in [0.29, 0.717) is 19.0 Å². The molecular weight excluding hydrogens is 256 g/mol. The number of ether oxygens (including phenoxy) is 1. The average molecular weight is 280 g/mol. The Morgan fingerprint density at radius 1 is 1.45 bits per heavy atom. The zero-order valence-corrected chi connectivity index (χ0v) is 12.9. The summed E-state index contributed by atoms with van der Waals surface area (Å²) in [4.78, 5) is 15.7. The van der Waals surface area contributed by atoms with Crippen molar-refractivity contribution in [3.8, 4) is 0 Å². The number of carbonyl (C=O) groups is 1. The van der Waals surface area contributed by atoms with Crippen LogP contribution in [0.1, 0.15) is 50.7 Å². The number of pyridine rings is 1. The molecule has 0 saturated heterocycles. The van der Waals surface area contributed by atoms with Crippen molar-refractivity contribution in [3.05, 3.63) is 23.4 Å². The van der Waals surface area contributed by atoms with E-state index in [0.717, 1.165) is 5.69 Å². The lowest BCUT2D eigenvalue weighted by Gasteiger charge is -2.21. The van der Waals surface area contributed by atoms with Gasteiger partial charge in [-0.15, -0.1) is 0 Å². The van der Waals surface area contributed by atoms with Crippen LogP contribution in [0.3, 0.4) is 0 Å². The van der Waals surface area contributed by atoms with Gasteiger partial charge in [0.15, 0.2) is 0 Å². The smallest absolute Gasteiger partial charge is 0.335 e. The van der Waals surface area contributed by atoms with Gasteiger partial charge in [0.2, 0.25) is 0 Å². The zero-order valence-electron chi connectivity index (χ0n) is 12.9. The maximum atomic E-state index is 11.2. The Kier molecular flexibility index (Phi) is 5.51. The first-order valence-corrected chi connectivity index (χ1v) is 6.84. The molecule has 1 aromatic heterocycles. The number of hydrogen-bond acceptors (Lipinski definition) is 4. The Hall–Kier alpha value is -1.62. The van der Waals surface area contributed by atoms with Gasteiger partial charge in [-0.3, -0.25) is 0 Å². The highest BCUT2D eigenvalue weighted by molar-refractivity contribution is 5.88. The summed E-state index contributed by atoms with van der Waals surface area (Å²) in [6.07, 6.45) is 0. The molecule has 0 aliphatic carbocycles. The zero-order chi connectivity index (χ0) is 15.3. The second-order valence-electron chi connectivity index (χ2n) is 5.89. The average Bonchev–Trinajstić information content (AvgIpc) is 2.34. The van der Waals surface area contributed by atoms with Gasteiger partial charge in [0.05, 0.1) is 12.2 Å². The van der Waals surface area contributed by atoms with Crippen LogP contribution in [-0.4, -0.2) is 35.3 Å². The van der Waals surface area contributed by atoms with Gasteiger partial charge in [0.25, 0.3) is 0 Å². The van der Waals surface area contributed by atoms with Crippen molar-refractivity contribution < 1.29 is 14.6 Å². The normalized spacial score (nSPS) is 13.1. The summed E-state index contributed by atoms with van der Waals surface area (Å²) in [5, 5.41) is 12.4. The molecule has 2 N–H and O–H groups in total. The van der Waals surface area contributed by atoms with Crippen LogP contribution >= 0.6 is 0 Å². The lowest BCUT2D eigenvalue weighted by Crippen LogP contribution is -2.24. The Bertz CT molecular complexity index is 467. The van der Waals surface area contributed by atoms with Crippen LogP contribution in [0.5, 0.6) is 0 Å². The van der Waals surface area contributed by atoms with Crippen molar-refractivity contribution in [2.75, 3.05) is 18.5 Å². The van der Waals surface area contributed by atoms with Crippen molar-refractivity contribution in [3.63, 3.8) is 0 Å². The maximum absolute atomic E-state index is 11.2. The quantitative estimate of drug-likeness (QED) is 0.838. The Morgan fingerprint density at radius 3 is 2.60 bits per heavy atom. The molecule has 0 aliphatic heterocycles. The molecule has 0 saturated carbocycles. The molecule has 0 spiro atoms. The molecule has 0 aliphatic rings. The number of nitrogens with zero attached hydrogens (tertiary/aromatic N) is 1. The van der Waals surface area contributed by atoms with Gasteiger partial charge < -0.3 is 15.2 Å². The number of hydrogen-bond donors (Lipinski definition) is 2. The van der Waals surface area contributed by atoms with E-state index >= 15 is 0 Å². The number of aromatic carboxylic acids is 1. The third-order valence-electron chi connectivity index (χ3n) is 2.81. The maximum Gasteiger partial charge on any atom is 0.335 e. The van der Waals surface area contributed by atoms with Crippen LogP contribution in [0.2, 0.25) is 0 Å². The molecule has 1 rings (SSSR count). The van der Waals surface area contributed by atoms with Crippen molar-refractivity contribution in [2.45, 2.75) is 46.1 Å². The number of carboxylic acids is 1. The van der Waals surface area contributed by atoms with Crippen LogP contribution in [0, 0.1) is 0 Å². The van der Waals surface area contributed by atoms with Gasteiger partial charge in [-0.2, -0.15) is 0 Å². The highest BCUT2D eigenvalue weighted by Gasteiger charge is 2.19. The SMILES string of the molecule is CCOCC(C)Nc1cc(C(=O)O)cc(C(C)(C)C)n1. The van der Waals surface area contributed by atoms with Crippen LogP contribution in [0.15, 0.2) is 12.1 Å². The fraction of sp³-hybridized carbons (Fsp3) is 0.600. The number of aromatic nitrogens is 1. The van der Waals surface area contributed by atoms with E-state index < -0.39 is 5.97 Å². The molecular formula is C15H24N2O3. The number of carboxylic acid groups (broad SMARTS) is 1. The molecule has 20 heavy (non-hydrogen) atoms. The van der Waals surface area contributed by atoms with E-state index in [4.69, 9.17) is 4.74 Å². The molecule has 0 fully saturated rings. The Balaban J connectivity index is 3.00. The summed E-state index contributed by atoms with van der Waals surface area (Å²) in [5.74, 6) is -0.375. The molecule has 1 atom stereocenters. The summed E-state index contributed by atoms with van der Waals surface area (Å²) in [6, 6.07) is 3.25.